The average Bonchev–Trinajstić information content (AvgIpc) is 3.06. The SMILES string of the molecule is O=C(c1ccc([N+](=O)[O-])s1)N1CCN(CC2CCCNC2)CC1. The molecule has 7 nitrogen and oxygen atoms in total. The van der Waals surface area contributed by atoms with E-state index in [-0.39, 0.29) is 10.9 Å². The van der Waals surface area contributed by atoms with Crippen LogP contribution in [0.2, 0.25) is 0 Å². The van der Waals surface area contributed by atoms with Crippen LogP contribution in [0.25, 0.3) is 0 Å². The van der Waals surface area contributed by atoms with Crippen molar-refractivity contribution in [3.8, 4) is 0 Å². The summed E-state index contributed by atoms with van der Waals surface area (Å²) in [6.45, 7) is 6.49. The molecule has 2 saturated heterocycles. The van der Waals surface area contributed by atoms with Crippen molar-refractivity contribution >= 4 is 22.2 Å². The van der Waals surface area contributed by atoms with Gasteiger partial charge in [-0.2, -0.15) is 0 Å². The molecule has 1 aromatic heterocycles. The van der Waals surface area contributed by atoms with Gasteiger partial charge >= 0.3 is 5.00 Å². The summed E-state index contributed by atoms with van der Waals surface area (Å²) in [6.07, 6.45) is 2.53. The lowest BCUT2D eigenvalue weighted by Gasteiger charge is -2.37. The highest BCUT2D eigenvalue weighted by Gasteiger charge is 2.26. The molecule has 2 aliphatic heterocycles. The van der Waals surface area contributed by atoms with E-state index in [1.54, 1.807) is 6.07 Å². The molecule has 126 valence electrons. The molecule has 0 saturated carbocycles. The first kappa shape index (κ1) is 16.4. The number of hydrogen-bond acceptors (Lipinski definition) is 6. The van der Waals surface area contributed by atoms with E-state index in [2.05, 4.69) is 10.2 Å². The molecule has 0 aromatic carbocycles. The molecule has 0 radical (unpaired) electrons. The fourth-order valence-corrected chi connectivity index (χ4v) is 4.06. The molecule has 0 spiro atoms. The van der Waals surface area contributed by atoms with Crippen molar-refractivity contribution in [1.82, 2.24) is 15.1 Å². The lowest BCUT2D eigenvalue weighted by atomic mass is 9.99. The normalized spacial score (nSPS) is 23.0. The zero-order valence-electron chi connectivity index (χ0n) is 13.1. The molecule has 1 N–H and O–H groups in total. The topological polar surface area (TPSA) is 78.7 Å². The molecule has 1 aromatic rings. The number of hydrogen-bond donors (Lipinski definition) is 1. The number of nitrogens with one attached hydrogen (secondary N) is 1. The van der Waals surface area contributed by atoms with Crippen LogP contribution in [0.3, 0.4) is 0 Å². The van der Waals surface area contributed by atoms with E-state index in [0.29, 0.717) is 23.9 Å². The molecule has 3 rings (SSSR count). The van der Waals surface area contributed by atoms with E-state index in [0.717, 1.165) is 44.1 Å². The number of nitro groups is 1. The summed E-state index contributed by atoms with van der Waals surface area (Å²) < 4.78 is 0. The van der Waals surface area contributed by atoms with Crippen LogP contribution in [-0.2, 0) is 0 Å². The van der Waals surface area contributed by atoms with Gasteiger partial charge in [-0.1, -0.05) is 11.3 Å². The maximum Gasteiger partial charge on any atom is 0.324 e. The highest BCUT2D eigenvalue weighted by atomic mass is 32.1. The minimum absolute atomic E-state index is 0.0248. The van der Waals surface area contributed by atoms with Crippen LogP contribution in [0.4, 0.5) is 5.00 Å². The Morgan fingerprint density at radius 2 is 2.13 bits per heavy atom. The Labute approximate surface area is 139 Å². The van der Waals surface area contributed by atoms with Gasteiger partial charge in [0, 0.05) is 38.8 Å². The van der Waals surface area contributed by atoms with Crippen LogP contribution < -0.4 is 5.32 Å². The molecule has 1 atom stereocenters. The molecule has 1 amide bonds. The van der Waals surface area contributed by atoms with E-state index >= 15 is 0 Å². The first-order valence-electron chi connectivity index (χ1n) is 8.10. The van der Waals surface area contributed by atoms with Crippen molar-refractivity contribution in [1.29, 1.82) is 0 Å². The second-order valence-corrected chi connectivity index (χ2v) is 7.26. The fourth-order valence-electron chi connectivity index (χ4n) is 3.28. The number of nitrogens with zero attached hydrogens (tertiary/aromatic N) is 3. The van der Waals surface area contributed by atoms with E-state index in [1.165, 1.54) is 18.9 Å². The second kappa shape index (κ2) is 7.37. The number of piperazine rings is 1. The van der Waals surface area contributed by atoms with Gasteiger partial charge in [-0.3, -0.25) is 19.8 Å². The summed E-state index contributed by atoms with van der Waals surface area (Å²) in [5.41, 5.74) is 0. The minimum Gasteiger partial charge on any atom is -0.335 e. The highest BCUT2D eigenvalue weighted by Crippen LogP contribution is 2.25. The quantitative estimate of drug-likeness (QED) is 0.663. The molecule has 0 bridgehead atoms. The van der Waals surface area contributed by atoms with Crippen molar-refractivity contribution in [3.05, 3.63) is 27.1 Å². The zero-order valence-corrected chi connectivity index (χ0v) is 13.9. The third-order valence-electron chi connectivity index (χ3n) is 4.56. The number of amides is 1. The summed E-state index contributed by atoms with van der Waals surface area (Å²) in [7, 11) is 0. The van der Waals surface area contributed by atoms with Crippen molar-refractivity contribution in [2.75, 3.05) is 45.8 Å². The van der Waals surface area contributed by atoms with Crippen molar-refractivity contribution in [2.45, 2.75) is 12.8 Å². The Morgan fingerprint density at radius 3 is 2.74 bits per heavy atom. The summed E-state index contributed by atoms with van der Waals surface area (Å²) in [5, 5.41) is 14.2. The Morgan fingerprint density at radius 1 is 1.35 bits per heavy atom. The lowest BCUT2D eigenvalue weighted by Crippen LogP contribution is -2.50. The number of piperidine rings is 1. The fraction of sp³-hybridized carbons (Fsp3) is 0.667. The third kappa shape index (κ3) is 4.07. The maximum atomic E-state index is 12.4. The van der Waals surface area contributed by atoms with Gasteiger partial charge < -0.3 is 10.2 Å². The summed E-state index contributed by atoms with van der Waals surface area (Å²) in [4.78, 5) is 27.4. The van der Waals surface area contributed by atoms with Gasteiger partial charge in [0.2, 0.25) is 0 Å². The van der Waals surface area contributed by atoms with Crippen molar-refractivity contribution in [2.24, 2.45) is 5.92 Å². The van der Waals surface area contributed by atoms with Crippen LogP contribution >= 0.6 is 11.3 Å². The first-order chi connectivity index (χ1) is 11.1. The minimum atomic E-state index is -0.447. The van der Waals surface area contributed by atoms with Crippen LogP contribution in [-0.4, -0.2) is 66.4 Å². The predicted octanol–water partition coefficient (Wildman–Crippen LogP) is 1.41. The average molecular weight is 338 g/mol. The highest BCUT2D eigenvalue weighted by molar-refractivity contribution is 7.17. The number of rotatable bonds is 4. The third-order valence-corrected chi connectivity index (χ3v) is 5.58. The molecular formula is C15H22N4O3S. The molecule has 2 fully saturated rings. The Kier molecular flexibility index (Phi) is 5.24. The Bertz CT molecular complexity index is 563. The van der Waals surface area contributed by atoms with Gasteiger partial charge in [-0.25, -0.2) is 0 Å². The van der Waals surface area contributed by atoms with Gasteiger partial charge in [0.15, 0.2) is 0 Å². The summed E-state index contributed by atoms with van der Waals surface area (Å²) in [6, 6.07) is 2.97. The second-order valence-electron chi connectivity index (χ2n) is 6.20. The standard InChI is InChI=1S/C15H22N4O3S/c20-15(13-3-4-14(23-13)19(21)22)18-8-6-17(7-9-18)11-12-2-1-5-16-10-12/h3-4,12,16H,1-2,5-11H2. The molecule has 0 aliphatic carbocycles. The molecular weight excluding hydrogens is 316 g/mol. The molecule has 2 aliphatic rings. The first-order valence-corrected chi connectivity index (χ1v) is 8.91. The number of thiophene rings is 1. The van der Waals surface area contributed by atoms with Crippen molar-refractivity contribution in [3.63, 3.8) is 0 Å². The Balaban J connectivity index is 1.49. The van der Waals surface area contributed by atoms with E-state index in [4.69, 9.17) is 0 Å². The van der Waals surface area contributed by atoms with Gasteiger partial charge in [0.1, 0.15) is 0 Å². The maximum absolute atomic E-state index is 12.4. The molecule has 3 heterocycles. The van der Waals surface area contributed by atoms with Crippen LogP contribution in [0, 0.1) is 16.0 Å². The smallest absolute Gasteiger partial charge is 0.324 e. The van der Waals surface area contributed by atoms with Crippen LogP contribution in [0.5, 0.6) is 0 Å². The van der Waals surface area contributed by atoms with Gasteiger partial charge in [-0.05, 0) is 37.9 Å². The summed E-state index contributed by atoms with van der Waals surface area (Å²) in [5.74, 6) is 0.632. The number of carbonyl (C=O) groups excluding carboxylic acids is 1. The van der Waals surface area contributed by atoms with Gasteiger partial charge in [0.25, 0.3) is 5.91 Å². The zero-order chi connectivity index (χ0) is 16.2. The monoisotopic (exact) mass is 338 g/mol. The summed E-state index contributed by atoms with van der Waals surface area (Å²) >= 11 is 0.960. The predicted molar refractivity (Wildman–Crippen MR) is 88.9 cm³/mol. The van der Waals surface area contributed by atoms with E-state index in [1.807, 2.05) is 4.90 Å². The van der Waals surface area contributed by atoms with Gasteiger partial charge in [-0.15, -0.1) is 0 Å². The van der Waals surface area contributed by atoms with Gasteiger partial charge in [0.05, 0.1) is 9.80 Å². The van der Waals surface area contributed by atoms with E-state index < -0.39 is 4.92 Å². The molecule has 8 heteroatoms. The lowest BCUT2D eigenvalue weighted by molar-refractivity contribution is -0.380. The largest absolute Gasteiger partial charge is 0.335 e. The van der Waals surface area contributed by atoms with Crippen LogP contribution in [0.1, 0.15) is 22.5 Å². The van der Waals surface area contributed by atoms with Crippen molar-refractivity contribution < 1.29 is 9.72 Å². The molecule has 23 heavy (non-hydrogen) atoms. The van der Waals surface area contributed by atoms with Crippen LogP contribution in [0.15, 0.2) is 12.1 Å². The number of carbonyl (C=O) groups is 1. The Hall–Kier alpha value is -1.51. The van der Waals surface area contributed by atoms with E-state index in [9.17, 15) is 14.9 Å². The molecule has 1 unspecified atom stereocenters.